The summed E-state index contributed by atoms with van der Waals surface area (Å²) in [5.41, 5.74) is 1.23. The number of carbonyl (C=O) groups excluding carboxylic acids is 2. The van der Waals surface area contributed by atoms with Crippen LogP contribution in [0.3, 0.4) is 0 Å². The monoisotopic (exact) mass is 376 g/mol. The average molecular weight is 376 g/mol. The zero-order valence-electron chi connectivity index (χ0n) is 16.7. The molecule has 6 nitrogen and oxygen atoms in total. The van der Waals surface area contributed by atoms with Gasteiger partial charge in [-0.25, -0.2) is 0 Å². The molecule has 150 valence electrons. The van der Waals surface area contributed by atoms with Crippen molar-refractivity contribution in [2.24, 2.45) is 0 Å². The van der Waals surface area contributed by atoms with Gasteiger partial charge in [0.1, 0.15) is 0 Å². The van der Waals surface area contributed by atoms with Crippen molar-refractivity contribution in [1.82, 2.24) is 9.80 Å². The highest BCUT2D eigenvalue weighted by Crippen LogP contribution is 2.21. The van der Waals surface area contributed by atoms with Crippen LogP contribution in [0.5, 0.6) is 0 Å². The summed E-state index contributed by atoms with van der Waals surface area (Å²) in [6.45, 7) is 6.98. The van der Waals surface area contributed by atoms with Crippen molar-refractivity contribution in [2.75, 3.05) is 33.4 Å². The van der Waals surface area contributed by atoms with Gasteiger partial charge in [-0.15, -0.1) is 0 Å². The molecular weight excluding hydrogens is 344 g/mol. The predicted octanol–water partition coefficient (Wildman–Crippen LogP) is 2.47. The molecule has 1 saturated heterocycles. The molecule has 1 aliphatic rings. The first-order valence-electron chi connectivity index (χ1n) is 9.82. The Morgan fingerprint density at radius 1 is 1.00 bits per heavy atom. The van der Waals surface area contributed by atoms with Gasteiger partial charge in [-0.1, -0.05) is 37.3 Å². The van der Waals surface area contributed by atoms with Crippen LogP contribution in [0.1, 0.15) is 38.7 Å². The van der Waals surface area contributed by atoms with Gasteiger partial charge in [0, 0.05) is 31.7 Å². The molecule has 1 aliphatic heterocycles. The number of nitrogens with zero attached hydrogens (tertiary/aromatic N) is 2. The lowest BCUT2D eigenvalue weighted by atomic mass is 10.0. The zero-order chi connectivity index (χ0) is 19.6. The number of hydrogen-bond donors (Lipinski definition) is 0. The lowest BCUT2D eigenvalue weighted by Gasteiger charge is -2.44. The van der Waals surface area contributed by atoms with Crippen LogP contribution in [0.2, 0.25) is 0 Å². The Hall–Kier alpha value is -1.92. The van der Waals surface area contributed by atoms with E-state index in [4.69, 9.17) is 9.47 Å². The molecular formula is C21H32N2O4. The number of likely N-dealkylation sites (N-methyl/N-ethyl adjacent to an activating group) is 1. The highest BCUT2D eigenvalue weighted by atomic mass is 16.5. The second-order valence-electron chi connectivity index (χ2n) is 7.09. The van der Waals surface area contributed by atoms with Crippen LogP contribution in [-0.4, -0.2) is 67.2 Å². The van der Waals surface area contributed by atoms with Crippen molar-refractivity contribution in [3.63, 3.8) is 0 Å². The summed E-state index contributed by atoms with van der Waals surface area (Å²) in [5, 5.41) is 0. The molecule has 1 heterocycles. The Kier molecular flexibility index (Phi) is 8.75. The van der Waals surface area contributed by atoms with Crippen LogP contribution in [0.25, 0.3) is 0 Å². The second kappa shape index (κ2) is 11.0. The van der Waals surface area contributed by atoms with Crippen LogP contribution in [-0.2, 0) is 25.6 Å². The molecule has 27 heavy (non-hydrogen) atoms. The topological polar surface area (TPSA) is 59.1 Å². The molecule has 2 atom stereocenters. The molecule has 1 aromatic carbocycles. The van der Waals surface area contributed by atoms with Gasteiger partial charge in [0.2, 0.25) is 0 Å². The third-order valence-corrected chi connectivity index (χ3v) is 4.92. The van der Waals surface area contributed by atoms with E-state index >= 15 is 0 Å². The second-order valence-corrected chi connectivity index (χ2v) is 7.09. The SMILES string of the molecule is CCCOC(=O)CC1CN(Cc2ccccc2)CC(CC(=O)OCC)N1C. The van der Waals surface area contributed by atoms with E-state index in [0.29, 0.717) is 26.1 Å². The Balaban J connectivity index is 2.06. The molecule has 1 aromatic rings. The Morgan fingerprint density at radius 2 is 1.59 bits per heavy atom. The molecule has 6 heteroatoms. The van der Waals surface area contributed by atoms with Crippen LogP contribution < -0.4 is 0 Å². The molecule has 0 radical (unpaired) electrons. The van der Waals surface area contributed by atoms with Gasteiger partial charge in [-0.3, -0.25) is 19.4 Å². The fraction of sp³-hybridized carbons (Fsp3) is 0.619. The highest BCUT2D eigenvalue weighted by Gasteiger charge is 2.34. The molecule has 0 aromatic heterocycles. The van der Waals surface area contributed by atoms with E-state index in [1.54, 1.807) is 0 Å². The number of ether oxygens (including phenoxy) is 2. The summed E-state index contributed by atoms with van der Waals surface area (Å²) in [7, 11) is 1.99. The predicted molar refractivity (Wildman–Crippen MR) is 104 cm³/mol. The van der Waals surface area contributed by atoms with E-state index in [1.807, 2.05) is 39.1 Å². The number of benzene rings is 1. The normalized spacial score (nSPS) is 21.0. The summed E-state index contributed by atoms with van der Waals surface area (Å²) < 4.78 is 10.4. The maximum Gasteiger partial charge on any atom is 0.307 e. The van der Waals surface area contributed by atoms with Gasteiger partial charge in [0.15, 0.2) is 0 Å². The number of rotatable bonds is 9. The van der Waals surface area contributed by atoms with Gasteiger partial charge < -0.3 is 9.47 Å². The molecule has 0 amide bonds. The third-order valence-electron chi connectivity index (χ3n) is 4.92. The first kappa shape index (κ1) is 21.4. The zero-order valence-corrected chi connectivity index (χ0v) is 16.7. The lowest BCUT2D eigenvalue weighted by molar-refractivity contribution is -0.147. The summed E-state index contributed by atoms with van der Waals surface area (Å²) >= 11 is 0. The van der Waals surface area contributed by atoms with E-state index in [0.717, 1.165) is 26.1 Å². The van der Waals surface area contributed by atoms with Crippen LogP contribution in [0.4, 0.5) is 0 Å². The molecule has 2 rings (SSSR count). The summed E-state index contributed by atoms with van der Waals surface area (Å²) in [6, 6.07) is 10.3. The quantitative estimate of drug-likeness (QED) is 0.617. The molecule has 0 bridgehead atoms. The summed E-state index contributed by atoms with van der Waals surface area (Å²) in [5.74, 6) is -0.367. The van der Waals surface area contributed by atoms with E-state index in [9.17, 15) is 9.59 Å². The molecule has 2 unspecified atom stereocenters. The van der Waals surface area contributed by atoms with Crippen molar-refractivity contribution in [1.29, 1.82) is 0 Å². The van der Waals surface area contributed by atoms with Crippen molar-refractivity contribution in [3.05, 3.63) is 35.9 Å². The maximum absolute atomic E-state index is 12.2. The summed E-state index contributed by atoms with van der Waals surface area (Å²) in [4.78, 5) is 28.6. The van der Waals surface area contributed by atoms with E-state index < -0.39 is 0 Å². The van der Waals surface area contributed by atoms with Crippen LogP contribution >= 0.6 is 0 Å². The fourth-order valence-electron chi connectivity index (χ4n) is 3.49. The smallest absolute Gasteiger partial charge is 0.307 e. The number of esters is 2. The molecule has 0 saturated carbocycles. The average Bonchev–Trinajstić information content (AvgIpc) is 2.64. The van der Waals surface area contributed by atoms with Gasteiger partial charge in [0.05, 0.1) is 26.1 Å². The Morgan fingerprint density at radius 3 is 2.15 bits per heavy atom. The maximum atomic E-state index is 12.2. The Labute approximate surface area is 162 Å². The largest absolute Gasteiger partial charge is 0.466 e. The van der Waals surface area contributed by atoms with E-state index in [-0.39, 0.29) is 24.0 Å². The third kappa shape index (κ3) is 6.96. The first-order valence-corrected chi connectivity index (χ1v) is 9.82. The van der Waals surface area contributed by atoms with Gasteiger partial charge in [0.25, 0.3) is 0 Å². The van der Waals surface area contributed by atoms with Gasteiger partial charge in [-0.2, -0.15) is 0 Å². The molecule has 0 aliphatic carbocycles. The van der Waals surface area contributed by atoms with Crippen molar-refractivity contribution in [2.45, 2.75) is 51.7 Å². The van der Waals surface area contributed by atoms with Crippen molar-refractivity contribution in [3.8, 4) is 0 Å². The first-order chi connectivity index (χ1) is 13.0. The van der Waals surface area contributed by atoms with Crippen LogP contribution in [0, 0.1) is 0 Å². The van der Waals surface area contributed by atoms with Gasteiger partial charge in [-0.05, 0) is 26.0 Å². The Bertz CT molecular complexity index is 593. The van der Waals surface area contributed by atoms with Crippen molar-refractivity contribution >= 4 is 11.9 Å². The van der Waals surface area contributed by atoms with E-state index in [1.165, 1.54) is 5.56 Å². The van der Waals surface area contributed by atoms with Crippen LogP contribution in [0.15, 0.2) is 30.3 Å². The minimum absolute atomic E-state index is 0.0190. The fourth-order valence-corrected chi connectivity index (χ4v) is 3.49. The van der Waals surface area contributed by atoms with E-state index in [2.05, 4.69) is 21.9 Å². The number of piperazine rings is 1. The molecule has 1 fully saturated rings. The minimum atomic E-state index is -0.191. The lowest BCUT2D eigenvalue weighted by Crippen LogP contribution is -2.57. The standard InChI is InChI=1S/C21H32N2O4/c1-4-11-27-21(25)13-19-16-23(14-17-9-7-6-8-10-17)15-18(22(19)3)12-20(24)26-5-2/h6-10,18-19H,4-5,11-16H2,1-3H3. The molecule has 0 spiro atoms. The summed E-state index contributed by atoms with van der Waals surface area (Å²) in [6.07, 6.45) is 1.48. The van der Waals surface area contributed by atoms with Gasteiger partial charge >= 0.3 is 11.9 Å². The molecule has 0 N–H and O–H groups in total. The number of hydrogen-bond acceptors (Lipinski definition) is 6. The minimum Gasteiger partial charge on any atom is -0.466 e. The number of carbonyl (C=O) groups is 2. The highest BCUT2D eigenvalue weighted by molar-refractivity contribution is 5.71. The van der Waals surface area contributed by atoms with Crippen molar-refractivity contribution < 1.29 is 19.1 Å².